The standard InChI is InChI=1S/C26H24F3N5O/c1-2-3-4-5-8-14-33-16-30-23-21(25(33)35)22-24(32-20-13-7-6-12-19(20)31-22)34(23)18-11-9-10-17(15-18)26(27,28)29/h6-7,9-13,15-16H,2-5,8,14H2,1H3. The monoisotopic (exact) mass is 479 g/mol. The fourth-order valence-corrected chi connectivity index (χ4v) is 4.38. The van der Waals surface area contributed by atoms with Crippen molar-refractivity contribution in [2.45, 2.75) is 51.7 Å². The van der Waals surface area contributed by atoms with Gasteiger partial charge in [-0.05, 0) is 36.8 Å². The molecule has 0 aliphatic rings. The molecule has 0 unspecified atom stereocenters. The molecule has 6 nitrogen and oxygen atoms in total. The lowest BCUT2D eigenvalue weighted by Crippen LogP contribution is -2.20. The Labute approximate surface area is 199 Å². The number of para-hydroxylation sites is 2. The van der Waals surface area contributed by atoms with Crippen LogP contribution in [0.25, 0.3) is 38.9 Å². The maximum Gasteiger partial charge on any atom is 0.416 e. The van der Waals surface area contributed by atoms with Crippen LogP contribution in [-0.4, -0.2) is 24.1 Å². The van der Waals surface area contributed by atoms with Crippen LogP contribution >= 0.6 is 0 Å². The Hall–Kier alpha value is -3.75. The number of hydrogen-bond donors (Lipinski definition) is 0. The third kappa shape index (κ3) is 4.26. The molecule has 0 atom stereocenters. The smallest absolute Gasteiger partial charge is 0.299 e. The van der Waals surface area contributed by atoms with Crippen LogP contribution in [0.1, 0.15) is 44.6 Å². The highest BCUT2D eigenvalue weighted by atomic mass is 19.4. The Bertz CT molecular complexity index is 1590. The summed E-state index contributed by atoms with van der Waals surface area (Å²) in [5.74, 6) is 0. The molecule has 9 heteroatoms. The SMILES string of the molecule is CCCCCCCn1cnc2c(c1=O)c1nc3ccccc3nc1n2-c1cccc(C(F)(F)F)c1. The fraction of sp³-hybridized carbons (Fsp3) is 0.308. The Balaban J connectivity index is 1.74. The summed E-state index contributed by atoms with van der Waals surface area (Å²) in [5.41, 5.74) is 1.18. The molecule has 5 aromatic rings. The lowest BCUT2D eigenvalue weighted by Gasteiger charge is -2.11. The summed E-state index contributed by atoms with van der Waals surface area (Å²) in [5, 5.41) is 0.256. The highest BCUT2D eigenvalue weighted by molar-refractivity contribution is 6.05. The summed E-state index contributed by atoms with van der Waals surface area (Å²) in [6.45, 7) is 2.66. The summed E-state index contributed by atoms with van der Waals surface area (Å²) in [6.07, 6.45) is 2.20. The number of halogens is 3. The van der Waals surface area contributed by atoms with Gasteiger partial charge < -0.3 is 0 Å². The van der Waals surface area contributed by atoms with Gasteiger partial charge in [-0.1, -0.05) is 50.8 Å². The third-order valence-corrected chi connectivity index (χ3v) is 6.16. The summed E-state index contributed by atoms with van der Waals surface area (Å²) < 4.78 is 43.4. The van der Waals surface area contributed by atoms with E-state index in [4.69, 9.17) is 0 Å². The molecule has 180 valence electrons. The molecule has 0 saturated carbocycles. The van der Waals surface area contributed by atoms with Crippen LogP contribution in [0.3, 0.4) is 0 Å². The van der Waals surface area contributed by atoms with Crippen LogP contribution in [0.4, 0.5) is 13.2 Å². The van der Waals surface area contributed by atoms with E-state index in [-0.39, 0.29) is 22.3 Å². The molecule has 5 rings (SSSR count). The molecule has 35 heavy (non-hydrogen) atoms. The Morgan fingerprint density at radius 3 is 2.37 bits per heavy atom. The van der Waals surface area contributed by atoms with Crippen LogP contribution in [0.5, 0.6) is 0 Å². The lowest BCUT2D eigenvalue weighted by molar-refractivity contribution is -0.137. The first kappa shape index (κ1) is 23.0. The largest absolute Gasteiger partial charge is 0.416 e. The van der Waals surface area contributed by atoms with Gasteiger partial charge in [0.25, 0.3) is 5.56 Å². The summed E-state index contributed by atoms with van der Waals surface area (Å²) in [6, 6.07) is 12.1. The number of hydrogen-bond acceptors (Lipinski definition) is 4. The van der Waals surface area contributed by atoms with E-state index in [1.807, 2.05) is 12.1 Å². The van der Waals surface area contributed by atoms with E-state index >= 15 is 0 Å². The maximum absolute atomic E-state index is 13.5. The number of benzene rings is 2. The van der Waals surface area contributed by atoms with Crippen molar-refractivity contribution in [1.82, 2.24) is 24.1 Å². The van der Waals surface area contributed by atoms with Gasteiger partial charge in [-0.25, -0.2) is 15.0 Å². The summed E-state index contributed by atoms with van der Waals surface area (Å²) >= 11 is 0. The predicted octanol–water partition coefficient (Wildman–Crippen LogP) is 6.27. The zero-order valence-corrected chi connectivity index (χ0v) is 19.2. The molecule has 0 fully saturated rings. The van der Waals surface area contributed by atoms with Crippen molar-refractivity contribution in [2.24, 2.45) is 0 Å². The highest BCUT2D eigenvalue weighted by Crippen LogP contribution is 2.33. The van der Waals surface area contributed by atoms with Gasteiger partial charge in [0.1, 0.15) is 10.9 Å². The minimum absolute atomic E-state index is 0.216. The van der Waals surface area contributed by atoms with Gasteiger partial charge in [-0.2, -0.15) is 13.2 Å². The predicted molar refractivity (Wildman–Crippen MR) is 130 cm³/mol. The van der Waals surface area contributed by atoms with Gasteiger partial charge in [-0.15, -0.1) is 0 Å². The molecule has 0 spiro atoms. The summed E-state index contributed by atoms with van der Waals surface area (Å²) in [7, 11) is 0. The van der Waals surface area contributed by atoms with Gasteiger partial charge in [0.05, 0.1) is 22.9 Å². The molecular formula is C26H24F3N5O. The van der Waals surface area contributed by atoms with Crippen molar-refractivity contribution in [3.05, 3.63) is 70.8 Å². The normalized spacial score (nSPS) is 12.2. The van der Waals surface area contributed by atoms with Crippen LogP contribution in [0.2, 0.25) is 0 Å². The summed E-state index contributed by atoms with van der Waals surface area (Å²) in [4.78, 5) is 27.4. The van der Waals surface area contributed by atoms with E-state index in [0.717, 1.165) is 44.2 Å². The number of unbranched alkanes of at least 4 members (excludes halogenated alkanes) is 4. The first-order valence-electron chi connectivity index (χ1n) is 11.7. The molecular weight excluding hydrogens is 455 g/mol. The first-order valence-corrected chi connectivity index (χ1v) is 11.7. The van der Waals surface area contributed by atoms with E-state index in [1.165, 1.54) is 17.0 Å². The van der Waals surface area contributed by atoms with Crippen LogP contribution in [0, 0.1) is 0 Å². The number of aromatic nitrogens is 5. The van der Waals surface area contributed by atoms with Crippen molar-refractivity contribution in [1.29, 1.82) is 0 Å². The van der Waals surface area contributed by atoms with Gasteiger partial charge >= 0.3 is 6.18 Å². The van der Waals surface area contributed by atoms with Crippen molar-refractivity contribution < 1.29 is 13.2 Å². The second-order valence-corrected chi connectivity index (χ2v) is 8.62. The molecule has 0 amide bonds. The molecule has 0 bridgehead atoms. The molecule has 2 aromatic carbocycles. The highest BCUT2D eigenvalue weighted by Gasteiger charge is 2.31. The lowest BCUT2D eigenvalue weighted by atomic mass is 10.1. The van der Waals surface area contributed by atoms with Crippen LogP contribution in [-0.2, 0) is 12.7 Å². The van der Waals surface area contributed by atoms with Crippen molar-refractivity contribution in [2.75, 3.05) is 0 Å². The molecule has 3 heterocycles. The number of fused-ring (bicyclic) bond motifs is 4. The van der Waals surface area contributed by atoms with E-state index in [9.17, 15) is 18.0 Å². The molecule has 0 saturated heterocycles. The Morgan fingerprint density at radius 2 is 1.63 bits per heavy atom. The molecule has 0 aliphatic heterocycles. The van der Waals surface area contributed by atoms with Gasteiger partial charge in [-0.3, -0.25) is 13.9 Å². The molecule has 0 radical (unpaired) electrons. The van der Waals surface area contributed by atoms with Gasteiger partial charge in [0.2, 0.25) is 0 Å². The quantitative estimate of drug-likeness (QED) is 0.258. The second kappa shape index (κ2) is 9.13. The van der Waals surface area contributed by atoms with Crippen molar-refractivity contribution >= 4 is 33.2 Å². The van der Waals surface area contributed by atoms with Crippen molar-refractivity contribution in [3.8, 4) is 5.69 Å². The first-order chi connectivity index (χ1) is 16.9. The minimum atomic E-state index is -4.51. The third-order valence-electron chi connectivity index (χ3n) is 6.16. The zero-order valence-electron chi connectivity index (χ0n) is 19.2. The van der Waals surface area contributed by atoms with Crippen LogP contribution in [0.15, 0.2) is 59.7 Å². The number of alkyl halides is 3. The fourth-order valence-electron chi connectivity index (χ4n) is 4.38. The van der Waals surface area contributed by atoms with Gasteiger partial charge in [0, 0.05) is 12.2 Å². The second-order valence-electron chi connectivity index (χ2n) is 8.62. The van der Waals surface area contributed by atoms with Crippen molar-refractivity contribution in [3.63, 3.8) is 0 Å². The van der Waals surface area contributed by atoms with Crippen LogP contribution < -0.4 is 5.56 Å². The Kier molecular flexibility index (Phi) is 6.00. The number of nitrogens with zero attached hydrogens (tertiary/aromatic N) is 5. The van der Waals surface area contributed by atoms with E-state index in [1.54, 1.807) is 22.8 Å². The molecule has 0 N–H and O–H groups in total. The van der Waals surface area contributed by atoms with E-state index < -0.39 is 11.7 Å². The molecule has 3 aromatic heterocycles. The number of rotatable bonds is 7. The molecule has 0 aliphatic carbocycles. The van der Waals surface area contributed by atoms with E-state index in [0.29, 0.717) is 28.7 Å². The van der Waals surface area contributed by atoms with E-state index in [2.05, 4.69) is 21.9 Å². The minimum Gasteiger partial charge on any atom is -0.299 e. The topological polar surface area (TPSA) is 65.6 Å². The average Bonchev–Trinajstić information content (AvgIpc) is 3.17. The number of aryl methyl sites for hydroxylation is 1. The Morgan fingerprint density at radius 1 is 0.886 bits per heavy atom. The zero-order chi connectivity index (χ0) is 24.6. The average molecular weight is 480 g/mol. The van der Waals surface area contributed by atoms with Gasteiger partial charge in [0.15, 0.2) is 11.3 Å². The maximum atomic E-state index is 13.5.